The number of nitrogens with zero attached hydrogens (tertiary/aromatic N) is 2. The highest BCUT2D eigenvalue weighted by Gasteiger charge is 2.34. The first-order chi connectivity index (χ1) is 14.4. The first kappa shape index (κ1) is 20.3. The zero-order valence-electron chi connectivity index (χ0n) is 16.1. The highest BCUT2D eigenvalue weighted by molar-refractivity contribution is 7.16. The Morgan fingerprint density at radius 1 is 1.10 bits per heavy atom. The van der Waals surface area contributed by atoms with Gasteiger partial charge in [0.25, 0.3) is 11.8 Å². The van der Waals surface area contributed by atoms with Gasteiger partial charge >= 0.3 is 0 Å². The van der Waals surface area contributed by atoms with Crippen molar-refractivity contribution in [3.05, 3.63) is 69.6 Å². The van der Waals surface area contributed by atoms with Crippen molar-refractivity contribution in [3.8, 4) is 11.3 Å². The average molecular weight is 440 g/mol. The smallest absolute Gasteiger partial charge is 0.261 e. The van der Waals surface area contributed by atoms with Gasteiger partial charge in [0.1, 0.15) is 0 Å². The molecule has 30 heavy (non-hydrogen) atoms. The molecule has 0 spiro atoms. The number of thiazole rings is 1. The van der Waals surface area contributed by atoms with Gasteiger partial charge in [0, 0.05) is 28.4 Å². The fourth-order valence-electron chi connectivity index (χ4n) is 3.38. The number of aromatic nitrogens is 1. The molecule has 1 aromatic heterocycles. The van der Waals surface area contributed by atoms with Crippen LogP contribution >= 0.6 is 22.9 Å². The second-order valence-electron chi connectivity index (χ2n) is 6.89. The maximum atomic E-state index is 12.4. The van der Waals surface area contributed by atoms with E-state index in [2.05, 4.69) is 10.3 Å². The van der Waals surface area contributed by atoms with Crippen LogP contribution in [0.2, 0.25) is 5.02 Å². The van der Waals surface area contributed by atoms with Crippen molar-refractivity contribution in [1.82, 2.24) is 9.88 Å². The van der Waals surface area contributed by atoms with E-state index in [0.717, 1.165) is 16.1 Å². The molecule has 0 saturated carbocycles. The van der Waals surface area contributed by atoms with E-state index >= 15 is 0 Å². The van der Waals surface area contributed by atoms with Crippen molar-refractivity contribution < 1.29 is 14.4 Å². The van der Waals surface area contributed by atoms with Crippen molar-refractivity contribution in [2.45, 2.75) is 19.8 Å². The van der Waals surface area contributed by atoms with Crippen LogP contribution in [0, 0.1) is 6.92 Å². The van der Waals surface area contributed by atoms with Gasteiger partial charge in [-0.3, -0.25) is 19.3 Å². The number of aryl methyl sites for hydroxylation is 1. The monoisotopic (exact) mass is 439 g/mol. The average Bonchev–Trinajstić information content (AvgIpc) is 3.20. The molecule has 0 fully saturated rings. The molecule has 2 heterocycles. The van der Waals surface area contributed by atoms with E-state index in [1.165, 1.54) is 16.2 Å². The van der Waals surface area contributed by atoms with Gasteiger partial charge in [0.05, 0.1) is 16.8 Å². The summed E-state index contributed by atoms with van der Waals surface area (Å²) in [6.45, 7) is 2.14. The first-order valence-electron chi connectivity index (χ1n) is 9.42. The van der Waals surface area contributed by atoms with E-state index in [0.29, 0.717) is 27.7 Å². The summed E-state index contributed by atoms with van der Waals surface area (Å²) in [6.07, 6.45) is 0.557. The SMILES string of the molecule is Cc1sc(NC(=O)CCCN2C(=O)c3ccccc3C2=O)nc1-c1cccc(Cl)c1. The molecule has 3 aromatic rings. The van der Waals surface area contributed by atoms with Gasteiger partial charge in [-0.05, 0) is 37.6 Å². The summed E-state index contributed by atoms with van der Waals surface area (Å²) in [5.74, 6) is -0.826. The maximum absolute atomic E-state index is 12.4. The van der Waals surface area contributed by atoms with E-state index in [4.69, 9.17) is 11.6 Å². The Morgan fingerprint density at radius 3 is 2.47 bits per heavy atom. The standard InChI is InChI=1S/C22H18ClN3O3S/c1-13-19(14-6-4-7-15(23)12-14)25-22(30-13)24-18(27)10-5-11-26-20(28)16-8-2-3-9-17(16)21(26)29/h2-4,6-9,12H,5,10-11H2,1H3,(H,24,25,27). The third kappa shape index (κ3) is 3.99. The number of halogens is 1. The normalized spacial score (nSPS) is 12.9. The Kier molecular flexibility index (Phi) is 5.65. The molecule has 0 unspecified atom stereocenters. The fourth-order valence-corrected chi connectivity index (χ4v) is 4.42. The third-order valence-corrected chi connectivity index (χ3v) is 5.93. The fraction of sp³-hybridized carbons (Fsp3) is 0.182. The summed E-state index contributed by atoms with van der Waals surface area (Å²) >= 11 is 7.44. The second kappa shape index (κ2) is 8.38. The van der Waals surface area contributed by atoms with Gasteiger partial charge in [-0.1, -0.05) is 35.9 Å². The van der Waals surface area contributed by atoms with Crippen LogP contribution in [0.25, 0.3) is 11.3 Å². The summed E-state index contributed by atoms with van der Waals surface area (Å²) in [5, 5.41) is 3.93. The van der Waals surface area contributed by atoms with Gasteiger partial charge in [0.2, 0.25) is 5.91 Å². The topological polar surface area (TPSA) is 79.4 Å². The molecular weight excluding hydrogens is 422 g/mol. The van der Waals surface area contributed by atoms with E-state index in [1.807, 2.05) is 25.1 Å². The van der Waals surface area contributed by atoms with Crippen molar-refractivity contribution in [1.29, 1.82) is 0 Å². The van der Waals surface area contributed by atoms with Crippen molar-refractivity contribution in [2.24, 2.45) is 0 Å². The number of anilines is 1. The van der Waals surface area contributed by atoms with Gasteiger partial charge in [-0.15, -0.1) is 11.3 Å². The van der Waals surface area contributed by atoms with E-state index < -0.39 is 0 Å². The molecule has 1 aliphatic heterocycles. The van der Waals surface area contributed by atoms with Crippen LogP contribution in [0.5, 0.6) is 0 Å². The number of carbonyl (C=O) groups excluding carboxylic acids is 3. The van der Waals surface area contributed by atoms with Crippen molar-refractivity contribution in [3.63, 3.8) is 0 Å². The number of hydrogen-bond acceptors (Lipinski definition) is 5. The number of hydrogen-bond donors (Lipinski definition) is 1. The second-order valence-corrected chi connectivity index (χ2v) is 8.53. The lowest BCUT2D eigenvalue weighted by Crippen LogP contribution is -2.31. The highest BCUT2D eigenvalue weighted by Crippen LogP contribution is 2.31. The molecule has 4 rings (SSSR count). The molecule has 0 saturated heterocycles. The minimum atomic E-state index is -0.308. The van der Waals surface area contributed by atoms with Gasteiger partial charge in [-0.25, -0.2) is 4.98 Å². The third-order valence-electron chi connectivity index (χ3n) is 4.80. The summed E-state index contributed by atoms with van der Waals surface area (Å²) in [6, 6.07) is 14.1. The number of benzene rings is 2. The van der Waals surface area contributed by atoms with Crippen LogP contribution in [0.3, 0.4) is 0 Å². The number of amides is 3. The molecule has 3 amide bonds. The Bertz CT molecular complexity index is 1120. The molecule has 0 atom stereocenters. The summed E-state index contributed by atoms with van der Waals surface area (Å²) in [7, 11) is 0. The molecule has 6 nitrogen and oxygen atoms in total. The largest absolute Gasteiger partial charge is 0.302 e. The minimum Gasteiger partial charge on any atom is -0.302 e. The van der Waals surface area contributed by atoms with Crippen LogP contribution in [0.15, 0.2) is 48.5 Å². The molecule has 8 heteroatoms. The van der Waals surface area contributed by atoms with Crippen molar-refractivity contribution in [2.75, 3.05) is 11.9 Å². The van der Waals surface area contributed by atoms with Crippen LogP contribution in [0.4, 0.5) is 5.13 Å². The molecule has 0 aliphatic carbocycles. The van der Waals surface area contributed by atoms with E-state index in [-0.39, 0.29) is 30.7 Å². The van der Waals surface area contributed by atoms with Gasteiger partial charge in [-0.2, -0.15) is 0 Å². The van der Waals surface area contributed by atoms with Crippen LogP contribution in [0.1, 0.15) is 38.4 Å². The molecule has 152 valence electrons. The van der Waals surface area contributed by atoms with E-state index in [9.17, 15) is 14.4 Å². The molecule has 1 aliphatic rings. The molecule has 0 radical (unpaired) electrons. The minimum absolute atomic E-state index is 0.179. The Labute approximate surface area is 182 Å². The molecular formula is C22H18ClN3O3S. The maximum Gasteiger partial charge on any atom is 0.261 e. The highest BCUT2D eigenvalue weighted by atomic mass is 35.5. The van der Waals surface area contributed by atoms with Gasteiger partial charge in [0.15, 0.2) is 5.13 Å². The summed E-state index contributed by atoms with van der Waals surface area (Å²) < 4.78 is 0. The molecule has 1 N–H and O–H groups in total. The van der Waals surface area contributed by atoms with Crippen LogP contribution < -0.4 is 5.32 Å². The molecule has 2 aromatic carbocycles. The Balaban J connectivity index is 1.34. The summed E-state index contributed by atoms with van der Waals surface area (Å²) in [5.41, 5.74) is 2.50. The number of fused-ring (bicyclic) bond motifs is 1. The first-order valence-corrected chi connectivity index (χ1v) is 10.6. The van der Waals surface area contributed by atoms with Gasteiger partial charge < -0.3 is 5.32 Å². The lowest BCUT2D eigenvalue weighted by Gasteiger charge is -2.13. The lowest BCUT2D eigenvalue weighted by atomic mass is 10.1. The predicted octanol–water partition coefficient (Wildman–Crippen LogP) is 4.79. The zero-order valence-corrected chi connectivity index (χ0v) is 17.7. The number of rotatable bonds is 6. The van der Waals surface area contributed by atoms with Crippen molar-refractivity contribution >= 4 is 45.8 Å². The summed E-state index contributed by atoms with van der Waals surface area (Å²) in [4.78, 5) is 43.7. The lowest BCUT2D eigenvalue weighted by molar-refractivity contribution is -0.116. The van der Waals surface area contributed by atoms with Crippen LogP contribution in [-0.4, -0.2) is 34.2 Å². The zero-order chi connectivity index (χ0) is 21.3. The number of nitrogens with one attached hydrogen (secondary N) is 1. The van der Waals surface area contributed by atoms with E-state index in [1.54, 1.807) is 30.3 Å². The Morgan fingerprint density at radius 2 is 1.80 bits per heavy atom. The quantitative estimate of drug-likeness (QED) is 0.560. The predicted molar refractivity (Wildman–Crippen MR) is 117 cm³/mol. The Hall–Kier alpha value is -3.03. The van der Waals surface area contributed by atoms with Crippen LogP contribution in [-0.2, 0) is 4.79 Å². The number of imide groups is 1. The number of carbonyl (C=O) groups is 3. The molecule has 0 bridgehead atoms.